The summed E-state index contributed by atoms with van der Waals surface area (Å²) in [5, 5.41) is 3.60. The lowest BCUT2D eigenvalue weighted by Gasteiger charge is -2.12. The van der Waals surface area contributed by atoms with Gasteiger partial charge in [-0.2, -0.15) is 0 Å². The topological polar surface area (TPSA) is 93.1 Å². The van der Waals surface area contributed by atoms with E-state index < -0.39 is 15.9 Å². The van der Waals surface area contributed by atoms with Crippen molar-refractivity contribution >= 4 is 44.8 Å². The Hall–Kier alpha value is -3.33. The third-order valence-corrected chi connectivity index (χ3v) is 7.24. The molecule has 0 radical (unpaired) electrons. The van der Waals surface area contributed by atoms with E-state index >= 15 is 0 Å². The van der Waals surface area contributed by atoms with Crippen molar-refractivity contribution in [1.29, 1.82) is 0 Å². The summed E-state index contributed by atoms with van der Waals surface area (Å²) in [7, 11) is -3.91. The Morgan fingerprint density at radius 2 is 1.76 bits per heavy atom. The van der Waals surface area contributed by atoms with E-state index in [-0.39, 0.29) is 17.0 Å². The number of amides is 1. The van der Waals surface area contributed by atoms with Crippen molar-refractivity contribution in [1.82, 2.24) is 14.9 Å². The molecule has 174 valence electrons. The summed E-state index contributed by atoms with van der Waals surface area (Å²) in [6.45, 7) is 1.96. The molecule has 3 aromatic carbocycles. The van der Waals surface area contributed by atoms with E-state index in [0.717, 1.165) is 11.3 Å². The second kappa shape index (κ2) is 9.89. The molecule has 0 saturated carbocycles. The van der Waals surface area contributed by atoms with Crippen LogP contribution in [0, 0.1) is 6.92 Å². The van der Waals surface area contributed by atoms with Crippen LogP contribution in [0.15, 0.2) is 84.3 Å². The first-order chi connectivity index (χ1) is 16.2. The lowest BCUT2D eigenvalue weighted by atomic mass is 10.1. The number of carbonyl (C=O) groups excluding carboxylic acids is 1. The molecule has 0 unspecified atom stereocenters. The Labute approximate surface area is 207 Å². The zero-order valence-corrected chi connectivity index (χ0v) is 20.3. The maximum atomic E-state index is 13.0. The van der Waals surface area contributed by atoms with Crippen molar-refractivity contribution in [2.45, 2.75) is 18.4 Å². The fourth-order valence-electron chi connectivity index (χ4n) is 3.27. The molecule has 1 amide bonds. The van der Waals surface area contributed by atoms with Gasteiger partial charge in [0.15, 0.2) is 0 Å². The molecule has 0 spiro atoms. The van der Waals surface area contributed by atoms with Crippen LogP contribution in [0.2, 0.25) is 10.0 Å². The standard InChI is InChI=1S/C24H20Cl2N4O3S/c1-16-2-8-20(13-21(16)24(31)28-14-17-3-9-22(25)23(26)12-17)34(32,33)29-18-4-6-19(7-5-18)30-11-10-27-15-30/h2-13,15,29H,14H2,1H3,(H,28,31). The SMILES string of the molecule is Cc1ccc(S(=O)(=O)Nc2ccc(-n3ccnc3)cc2)cc1C(=O)NCc1ccc(Cl)c(Cl)c1. The monoisotopic (exact) mass is 514 g/mol. The Morgan fingerprint density at radius 1 is 1.00 bits per heavy atom. The van der Waals surface area contributed by atoms with E-state index in [1.807, 2.05) is 0 Å². The molecule has 0 fully saturated rings. The van der Waals surface area contributed by atoms with Crippen LogP contribution in [-0.4, -0.2) is 23.9 Å². The third-order valence-electron chi connectivity index (χ3n) is 5.12. The molecule has 4 rings (SSSR count). The Balaban J connectivity index is 1.49. The van der Waals surface area contributed by atoms with Crippen molar-refractivity contribution in [3.8, 4) is 5.69 Å². The van der Waals surface area contributed by atoms with E-state index in [9.17, 15) is 13.2 Å². The Kier molecular flexibility index (Phi) is 6.92. The molecule has 0 saturated heterocycles. The van der Waals surface area contributed by atoms with Crippen LogP contribution < -0.4 is 10.0 Å². The van der Waals surface area contributed by atoms with Crippen LogP contribution in [0.3, 0.4) is 0 Å². The van der Waals surface area contributed by atoms with Crippen LogP contribution in [-0.2, 0) is 16.6 Å². The largest absolute Gasteiger partial charge is 0.348 e. The van der Waals surface area contributed by atoms with Gasteiger partial charge in [-0.1, -0.05) is 35.3 Å². The van der Waals surface area contributed by atoms with Gasteiger partial charge in [0, 0.05) is 35.9 Å². The molecule has 1 aromatic heterocycles. The molecule has 7 nitrogen and oxygen atoms in total. The number of anilines is 1. The average molecular weight is 515 g/mol. The molecular weight excluding hydrogens is 495 g/mol. The van der Waals surface area contributed by atoms with Crippen LogP contribution >= 0.6 is 23.2 Å². The molecule has 1 heterocycles. The summed E-state index contributed by atoms with van der Waals surface area (Å²) in [6.07, 6.45) is 5.10. The van der Waals surface area contributed by atoms with Crippen molar-refractivity contribution in [2.75, 3.05) is 4.72 Å². The molecule has 0 aliphatic rings. The number of nitrogens with zero attached hydrogens (tertiary/aromatic N) is 2. The highest BCUT2D eigenvalue weighted by Crippen LogP contribution is 2.23. The third kappa shape index (κ3) is 5.41. The van der Waals surface area contributed by atoms with Crippen molar-refractivity contribution < 1.29 is 13.2 Å². The number of aryl methyl sites for hydroxylation is 1. The molecule has 0 aliphatic carbocycles. The van der Waals surface area contributed by atoms with E-state index in [4.69, 9.17) is 23.2 Å². The van der Waals surface area contributed by atoms with Crippen LogP contribution in [0.25, 0.3) is 5.69 Å². The Morgan fingerprint density at radius 3 is 2.44 bits per heavy atom. The normalized spacial score (nSPS) is 11.3. The quantitative estimate of drug-likeness (QED) is 0.353. The molecule has 34 heavy (non-hydrogen) atoms. The van der Waals surface area contributed by atoms with Gasteiger partial charge in [0.2, 0.25) is 0 Å². The lowest BCUT2D eigenvalue weighted by Crippen LogP contribution is -2.24. The van der Waals surface area contributed by atoms with Crippen LogP contribution in [0.4, 0.5) is 5.69 Å². The number of halogens is 2. The highest BCUT2D eigenvalue weighted by Gasteiger charge is 2.18. The molecule has 0 bridgehead atoms. The maximum absolute atomic E-state index is 13.0. The number of hydrogen-bond acceptors (Lipinski definition) is 4. The van der Waals surface area contributed by atoms with Gasteiger partial charge in [-0.25, -0.2) is 13.4 Å². The number of hydrogen-bond donors (Lipinski definition) is 2. The van der Waals surface area contributed by atoms with E-state index in [1.165, 1.54) is 12.1 Å². The summed E-state index contributed by atoms with van der Waals surface area (Å²) in [5.74, 6) is -0.398. The van der Waals surface area contributed by atoms with Gasteiger partial charge in [0.25, 0.3) is 15.9 Å². The minimum absolute atomic E-state index is 0.0172. The Bertz CT molecular complexity index is 1440. The predicted molar refractivity (Wildman–Crippen MR) is 133 cm³/mol. The summed E-state index contributed by atoms with van der Waals surface area (Å²) >= 11 is 11.9. The first-order valence-electron chi connectivity index (χ1n) is 10.2. The summed E-state index contributed by atoms with van der Waals surface area (Å²) < 4.78 is 30.3. The molecular formula is C24H20Cl2N4O3S. The number of aromatic nitrogens is 2. The summed E-state index contributed by atoms with van der Waals surface area (Å²) in [5.41, 5.74) is 2.92. The first kappa shape index (κ1) is 23.8. The van der Waals surface area contributed by atoms with Crippen LogP contribution in [0.1, 0.15) is 21.5 Å². The van der Waals surface area contributed by atoms with Crippen molar-refractivity contribution in [3.63, 3.8) is 0 Å². The lowest BCUT2D eigenvalue weighted by molar-refractivity contribution is 0.0950. The summed E-state index contributed by atoms with van der Waals surface area (Å²) in [4.78, 5) is 16.8. The number of benzene rings is 3. The smallest absolute Gasteiger partial charge is 0.261 e. The van der Waals surface area contributed by atoms with Gasteiger partial charge in [-0.3, -0.25) is 9.52 Å². The van der Waals surface area contributed by atoms with Gasteiger partial charge < -0.3 is 9.88 Å². The second-order valence-corrected chi connectivity index (χ2v) is 10.0. The van der Waals surface area contributed by atoms with Gasteiger partial charge in [-0.15, -0.1) is 0 Å². The highest BCUT2D eigenvalue weighted by atomic mass is 35.5. The van der Waals surface area contributed by atoms with E-state index in [0.29, 0.717) is 21.3 Å². The maximum Gasteiger partial charge on any atom is 0.261 e. The number of rotatable bonds is 7. The van der Waals surface area contributed by atoms with Crippen LogP contribution in [0.5, 0.6) is 0 Å². The van der Waals surface area contributed by atoms with E-state index in [1.54, 1.807) is 78.7 Å². The van der Waals surface area contributed by atoms with E-state index in [2.05, 4.69) is 15.0 Å². The predicted octanol–water partition coefficient (Wildman–Crippen LogP) is 5.22. The van der Waals surface area contributed by atoms with Gasteiger partial charge >= 0.3 is 0 Å². The fourth-order valence-corrected chi connectivity index (χ4v) is 4.67. The summed E-state index contributed by atoms with van der Waals surface area (Å²) in [6, 6.07) is 16.4. The highest BCUT2D eigenvalue weighted by molar-refractivity contribution is 7.92. The molecule has 0 aliphatic heterocycles. The molecule has 4 aromatic rings. The first-order valence-corrected chi connectivity index (χ1v) is 12.4. The number of sulfonamides is 1. The van der Waals surface area contributed by atoms with Gasteiger partial charge in [0.1, 0.15) is 0 Å². The zero-order chi connectivity index (χ0) is 24.3. The fraction of sp³-hybridized carbons (Fsp3) is 0.0833. The van der Waals surface area contributed by atoms with Crippen molar-refractivity contribution in [2.24, 2.45) is 0 Å². The second-order valence-electron chi connectivity index (χ2n) is 7.53. The molecule has 10 heteroatoms. The minimum atomic E-state index is -3.91. The average Bonchev–Trinajstić information content (AvgIpc) is 3.35. The van der Waals surface area contributed by atoms with Crippen molar-refractivity contribution in [3.05, 3.63) is 106 Å². The number of carbonyl (C=O) groups is 1. The number of imidazole rings is 1. The molecule has 0 atom stereocenters. The van der Waals surface area contributed by atoms with Gasteiger partial charge in [0.05, 0.1) is 21.3 Å². The number of nitrogens with one attached hydrogen (secondary N) is 2. The molecule has 2 N–H and O–H groups in total. The van der Waals surface area contributed by atoms with Gasteiger partial charge in [-0.05, 0) is 66.6 Å². The zero-order valence-electron chi connectivity index (χ0n) is 18.0. The minimum Gasteiger partial charge on any atom is -0.348 e.